The first-order valence-corrected chi connectivity index (χ1v) is 6.68. The molecule has 0 saturated heterocycles. The van der Waals surface area contributed by atoms with Crippen LogP contribution in [0.3, 0.4) is 0 Å². The summed E-state index contributed by atoms with van der Waals surface area (Å²) in [6, 6.07) is 0. The number of carbonyl (C=O) groups is 1. The van der Waals surface area contributed by atoms with Crippen LogP contribution in [0.1, 0.15) is 40.0 Å². The molecule has 0 heterocycles. The van der Waals surface area contributed by atoms with Gasteiger partial charge in [-0.2, -0.15) is 11.8 Å². The van der Waals surface area contributed by atoms with E-state index in [-0.39, 0.29) is 30.7 Å². The number of alkyl halides is 2. The van der Waals surface area contributed by atoms with Crippen molar-refractivity contribution < 1.29 is 18.3 Å². The Morgan fingerprint density at radius 1 is 1.44 bits per heavy atom. The zero-order valence-electron chi connectivity index (χ0n) is 10.1. The summed E-state index contributed by atoms with van der Waals surface area (Å²) in [5.74, 6) is -2.01. The number of halogens is 2. The van der Waals surface area contributed by atoms with Crippen LogP contribution in [0.4, 0.5) is 8.78 Å². The number of rotatable bonds is 8. The lowest BCUT2D eigenvalue weighted by Gasteiger charge is -2.13. The summed E-state index contributed by atoms with van der Waals surface area (Å²) in [4.78, 5) is 11.1. The topological polar surface area (TPSA) is 26.3 Å². The molecule has 0 atom stereocenters. The van der Waals surface area contributed by atoms with E-state index in [1.165, 1.54) is 18.7 Å². The molecule has 5 heteroatoms. The number of carbonyl (C=O) groups excluding carboxylic acids is 1. The normalized spacial score (nSPS) is 11.9. The minimum absolute atomic E-state index is 0.101. The van der Waals surface area contributed by atoms with Crippen molar-refractivity contribution in [3.8, 4) is 0 Å². The molecule has 0 fully saturated rings. The maximum absolute atomic E-state index is 12.8. The van der Waals surface area contributed by atoms with Gasteiger partial charge >= 0.3 is 5.97 Å². The predicted octanol–water partition coefficient (Wildman–Crippen LogP) is 3.50. The molecular formula is C11H20F2O2S. The molecule has 0 aromatic rings. The molecule has 0 N–H and O–H groups in total. The molecule has 16 heavy (non-hydrogen) atoms. The Labute approximate surface area is 100 Å². The molecule has 0 aliphatic carbocycles. The first-order chi connectivity index (χ1) is 7.37. The Balaban J connectivity index is 3.44. The number of hydrogen-bond acceptors (Lipinski definition) is 3. The first-order valence-electron chi connectivity index (χ1n) is 5.52. The van der Waals surface area contributed by atoms with E-state index in [2.05, 4.69) is 0 Å². The largest absolute Gasteiger partial charge is 0.462 e. The fourth-order valence-electron chi connectivity index (χ4n) is 1.06. The van der Waals surface area contributed by atoms with E-state index in [1.807, 2.05) is 0 Å². The van der Waals surface area contributed by atoms with E-state index in [4.69, 9.17) is 4.74 Å². The third-order valence-corrected chi connectivity index (χ3v) is 2.95. The number of ether oxygens (including phenoxy) is 1. The highest BCUT2D eigenvalue weighted by atomic mass is 32.2. The molecule has 0 bridgehead atoms. The number of esters is 1. The molecule has 0 aromatic carbocycles. The molecule has 0 spiro atoms. The second-order valence-electron chi connectivity index (χ2n) is 3.90. The van der Waals surface area contributed by atoms with Gasteiger partial charge in [-0.1, -0.05) is 6.92 Å². The molecule has 0 aliphatic rings. The lowest BCUT2D eigenvalue weighted by molar-refractivity contribution is -0.144. The summed E-state index contributed by atoms with van der Waals surface area (Å²) in [5, 5.41) is 0. The Hall–Kier alpha value is -0.320. The van der Waals surface area contributed by atoms with E-state index in [0.717, 1.165) is 0 Å². The summed E-state index contributed by atoms with van der Waals surface area (Å²) >= 11 is 1.35. The van der Waals surface area contributed by atoms with Crippen molar-refractivity contribution in [2.75, 3.05) is 11.5 Å². The van der Waals surface area contributed by atoms with Gasteiger partial charge in [-0.3, -0.25) is 4.79 Å². The second-order valence-corrected chi connectivity index (χ2v) is 5.01. The van der Waals surface area contributed by atoms with Gasteiger partial charge in [0, 0.05) is 12.8 Å². The zero-order chi connectivity index (χ0) is 12.6. The van der Waals surface area contributed by atoms with Gasteiger partial charge in [0.2, 0.25) is 5.92 Å². The zero-order valence-corrected chi connectivity index (χ0v) is 10.9. The first kappa shape index (κ1) is 15.7. The molecule has 0 aromatic heterocycles. The van der Waals surface area contributed by atoms with E-state index in [1.54, 1.807) is 13.8 Å². The van der Waals surface area contributed by atoms with Crippen LogP contribution in [0.15, 0.2) is 0 Å². The van der Waals surface area contributed by atoms with E-state index < -0.39 is 5.92 Å². The van der Waals surface area contributed by atoms with Gasteiger partial charge in [0.15, 0.2) is 0 Å². The second kappa shape index (κ2) is 7.87. The van der Waals surface area contributed by atoms with Crippen LogP contribution in [0.2, 0.25) is 0 Å². The summed E-state index contributed by atoms with van der Waals surface area (Å²) in [6.07, 6.45) is 0.0982. The standard InChI is InChI=1S/C11H20F2O2S/c1-4-11(12,13)6-5-7-16-8-10(14)15-9(2)3/h9H,4-8H2,1-3H3. The minimum Gasteiger partial charge on any atom is -0.462 e. The van der Waals surface area contributed by atoms with Gasteiger partial charge in [-0.25, -0.2) is 8.78 Å². The molecular weight excluding hydrogens is 234 g/mol. The molecule has 96 valence electrons. The highest BCUT2D eigenvalue weighted by molar-refractivity contribution is 7.99. The summed E-state index contributed by atoms with van der Waals surface area (Å²) in [5.41, 5.74) is 0. The van der Waals surface area contributed by atoms with Crippen LogP contribution in [-0.4, -0.2) is 29.5 Å². The van der Waals surface area contributed by atoms with Gasteiger partial charge in [-0.05, 0) is 26.0 Å². The molecule has 0 amide bonds. The van der Waals surface area contributed by atoms with E-state index in [0.29, 0.717) is 12.2 Å². The maximum Gasteiger partial charge on any atom is 0.316 e. The van der Waals surface area contributed by atoms with Crippen LogP contribution < -0.4 is 0 Å². The van der Waals surface area contributed by atoms with Gasteiger partial charge in [0.25, 0.3) is 0 Å². The highest BCUT2D eigenvalue weighted by Gasteiger charge is 2.24. The smallest absolute Gasteiger partial charge is 0.316 e. The average molecular weight is 254 g/mol. The fourth-order valence-corrected chi connectivity index (χ4v) is 1.79. The van der Waals surface area contributed by atoms with Gasteiger partial charge in [0.05, 0.1) is 11.9 Å². The Morgan fingerprint density at radius 2 is 2.06 bits per heavy atom. The van der Waals surface area contributed by atoms with Crippen LogP contribution in [0.25, 0.3) is 0 Å². The Kier molecular flexibility index (Phi) is 7.72. The third kappa shape index (κ3) is 8.95. The van der Waals surface area contributed by atoms with Crippen molar-refractivity contribution in [3.05, 3.63) is 0 Å². The quantitative estimate of drug-likeness (QED) is 0.490. The lowest BCUT2D eigenvalue weighted by Crippen LogP contribution is -2.15. The minimum atomic E-state index is -2.56. The summed E-state index contributed by atoms with van der Waals surface area (Å²) in [6.45, 7) is 5.04. The molecule has 0 rings (SSSR count). The van der Waals surface area contributed by atoms with E-state index >= 15 is 0 Å². The lowest BCUT2D eigenvalue weighted by atomic mass is 10.1. The molecule has 0 unspecified atom stereocenters. The Morgan fingerprint density at radius 3 is 2.56 bits per heavy atom. The van der Waals surface area contributed by atoms with Crippen molar-refractivity contribution in [3.63, 3.8) is 0 Å². The van der Waals surface area contributed by atoms with Crippen LogP contribution >= 0.6 is 11.8 Å². The van der Waals surface area contributed by atoms with Gasteiger partial charge < -0.3 is 4.74 Å². The van der Waals surface area contributed by atoms with Gasteiger partial charge in [-0.15, -0.1) is 0 Å². The number of thioether (sulfide) groups is 1. The van der Waals surface area contributed by atoms with Crippen molar-refractivity contribution >= 4 is 17.7 Å². The molecule has 0 aliphatic heterocycles. The Bertz CT molecular complexity index is 208. The third-order valence-electron chi connectivity index (χ3n) is 1.94. The van der Waals surface area contributed by atoms with Crippen LogP contribution in [0, 0.1) is 0 Å². The summed E-state index contributed by atoms with van der Waals surface area (Å²) in [7, 11) is 0. The number of hydrogen-bond donors (Lipinski definition) is 0. The monoisotopic (exact) mass is 254 g/mol. The van der Waals surface area contributed by atoms with Crippen molar-refractivity contribution in [1.29, 1.82) is 0 Å². The molecule has 0 saturated carbocycles. The maximum atomic E-state index is 12.8. The van der Waals surface area contributed by atoms with Crippen molar-refractivity contribution in [2.45, 2.75) is 52.1 Å². The van der Waals surface area contributed by atoms with Gasteiger partial charge in [0.1, 0.15) is 0 Å². The predicted molar refractivity (Wildman–Crippen MR) is 63.0 cm³/mol. The van der Waals surface area contributed by atoms with Crippen molar-refractivity contribution in [1.82, 2.24) is 0 Å². The SMILES string of the molecule is CCC(F)(F)CCCSCC(=O)OC(C)C. The molecule has 0 radical (unpaired) electrons. The average Bonchev–Trinajstić information content (AvgIpc) is 2.16. The van der Waals surface area contributed by atoms with Crippen LogP contribution in [-0.2, 0) is 9.53 Å². The molecule has 2 nitrogen and oxygen atoms in total. The fraction of sp³-hybridized carbons (Fsp3) is 0.909. The van der Waals surface area contributed by atoms with Crippen LogP contribution in [0.5, 0.6) is 0 Å². The van der Waals surface area contributed by atoms with E-state index in [9.17, 15) is 13.6 Å². The highest BCUT2D eigenvalue weighted by Crippen LogP contribution is 2.24. The van der Waals surface area contributed by atoms with Crippen molar-refractivity contribution in [2.24, 2.45) is 0 Å². The summed E-state index contributed by atoms with van der Waals surface area (Å²) < 4.78 is 30.5.